The number of phenolic OH excluding ortho intramolecular Hbond substituents is 1. The molecule has 0 radical (unpaired) electrons. The third-order valence-corrected chi connectivity index (χ3v) is 2.77. The number of aromatic hydroxyl groups is 1. The molecule has 0 saturated heterocycles. The number of rotatable bonds is 5. The standard InChI is InChI=1S/C16H15NO3/c18-13-9-7-12(8-10-13)4-3-11-17-15-6-2-1-5-14(15)16(19)20/h1-10,17-18H,11H2,(H,19,20)/b4-3+. The maximum atomic E-state index is 11.0. The van der Waals surface area contributed by atoms with Crippen molar-refractivity contribution < 1.29 is 15.0 Å². The smallest absolute Gasteiger partial charge is 0.337 e. The van der Waals surface area contributed by atoms with E-state index in [1.54, 1.807) is 48.5 Å². The highest BCUT2D eigenvalue weighted by molar-refractivity contribution is 5.94. The van der Waals surface area contributed by atoms with Crippen molar-refractivity contribution in [3.05, 3.63) is 65.7 Å². The van der Waals surface area contributed by atoms with Gasteiger partial charge in [-0.25, -0.2) is 4.79 Å². The average Bonchev–Trinajstić information content (AvgIpc) is 2.46. The molecule has 0 unspecified atom stereocenters. The van der Waals surface area contributed by atoms with Crippen LogP contribution in [0.2, 0.25) is 0 Å². The van der Waals surface area contributed by atoms with Gasteiger partial charge in [0.15, 0.2) is 0 Å². The highest BCUT2D eigenvalue weighted by Gasteiger charge is 2.07. The van der Waals surface area contributed by atoms with Gasteiger partial charge >= 0.3 is 5.97 Å². The van der Waals surface area contributed by atoms with Gasteiger partial charge in [0, 0.05) is 12.2 Å². The zero-order valence-electron chi connectivity index (χ0n) is 10.8. The van der Waals surface area contributed by atoms with Gasteiger partial charge in [-0.3, -0.25) is 0 Å². The van der Waals surface area contributed by atoms with E-state index in [0.29, 0.717) is 12.2 Å². The Morgan fingerprint density at radius 1 is 1.10 bits per heavy atom. The maximum absolute atomic E-state index is 11.0. The predicted molar refractivity (Wildman–Crippen MR) is 79.0 cm³/mol. The quantitative estimate of drug-likeness (QED) is 0.779. The Kier molecular flexibility index (Phi) is 4.39. The zero-order chi connectivity index (χ0) is 14.4. The summed E-state index contributed by atoms with van der Waals surface area (Å²) < 4.78 is 0. The van der Waals surface area contributed by atoms with Gasteiger partial charge in [-0.2, -0.15) is 0 Å². The first-order valence-electron chi connectivity index (χ1n) is 6.18. The third kappa shape index (κ3) is 3.62. The largest absolute Gasteiger partial charge is 0.508 e. The molecule has 0 fully saturated rings. The van der Waals surface area contributed by atoms with Crippen molar-refractivity contribution in [2.24, 2.45) is 0 Å². The summed E-state index contributed by atoms with van der Waals surface area (Å²) in [6.07, 6.45) is 3.79. The molecule has 0 bridgehead atoms. The summed E-state index contributed by atoms with van der Waals surface area (Å²) in [7, 11) is 0. The summed E-state index contributed by atoms with van der Waals surface area (Å²) in [5, 5.41) is 21.3. The number of carbonyl (C=O) groups is 1. The van der Waals surface area contributed by atoms with E-state index in [9.17, 15) is 4.79 Å². The molecule has 4 nitrogen and oxygen atoms in total. The molecule has 0 saturated carbocycles. The van der Waals surface area contributed by atoms with Crippen LogP contribution in [0.5, 0.6) is 5.75 Å². The fraction of sp³-hybridized carbons (Fsp3) is 0.0625. The fourth-order valence-electron chi connectivity index (χ4n) is 1.77. The van der Waals surface area contributed by atoms with Crippen LogP contribution < -0.4 is 5.32 Å². The number of anilines is 1. The number of carboxylic acid groups (broad SMARTS) is 1. The van der Waals surface area contributed by atoms with Crippen molar-refractivity contribution in [3.63, 3.8) is 0 Å². The summed E-state index contributed by atoms with van der Waals surface area (Å²) in [4.78, 5) is 11.0. The number of para-hydroxylation sites is 1. The van der Waals surface area contributed by atoms with Gasteiger partial charge in [0.05, 0.1) is 5.56 Å². The summed E-state index contributed by atoms with van der Waals surface area (Å²) >= 11 is 0. The molecule has 2 rings (SSSR count). The Balaban J connectivity index is 1.96. The number of hydrogen-bond donors (Lipinski definition) is 3. The normalized spacial score (nSPS) is 10.6. The van der Waals surface area contributed by atoms with Crippen LogP contribution in [0, 0.1) is 0 Å². The predicted octanol–water partition coefficient (Wildman–Crippen LogP) is 3.22. The van der Waals surface area contributed by atoms with E-state index >= 15 is 0 Å². The number of aromatic carboxylic acids is 1. The van der Waals surface area contributed by atoms with Gasteiger partial charge < -0.3 is 15.5 Å². The molecule has 0 atom stereocenters. The molecule has 4 heteroatoms. The Morgan fingerprint density at radius 3 is 2.50 bits per heavy atom. The van der Waals surface area contributed by atoms with Crippen LogP contribution in [0.3, 0.4) is 0 Å². The molecule has 2 aromatic rings. The van der Waals surface area contributed by atoms with E-state index in [4.69, 9.17) is 10.2 Å². The monoisotopic (exact) mass is 269 g/mol. The SMILES string of the molecule is O=C(O)c1ccccc1NC/C=C/c1ccc(O)cc1. The molecular weight excluding hydrogens is 254 g/mol. The van der Waals surface area contributed by atoms with Crippen molar-refractivity contribution in [1.82, 2.24) is 0 Å². The molecule has 0 aliphatic heterocycles. The van der Waals surface area contributed by atoms with Crippen LogP contribution in [-0.2, 0) is 0 Å². The molecule has 0 heterocycles. The summed E-state index contributed by atoms with van der Waals surface area (Å²) in [6, 6.07) is 13.6. The highest BCUT2D eigenvalue weighted by Crippen LogP contribution is 2.15. The van der Waals surface area contributed by atoms with Crippen LogP contribution in [0.15, 0.2) is 54.6 Å². The van der Waals surface area contributed by atoms with Gasteiger partial charge in [0.1, 0.15) is 5.75 Å². The lowest BCUT2D eigenvalue weighted by Gasteiger charge is -2.06. The van der Waals surface area contributed by atoms with E-state index in [-0.39, 0.29) is 11.3 Å². The second-order valence-corrected chi connectivity index (χ2v) is 4.23. The first-order chi connectivity index (χ1) is 9.66. The number of phenols is 1. The van der Waals surface area contributed by atoms with Crippen LogP contribution in [0.25, 0.3) is 6.08 Å². The molecule has 3 N–H and O–H groups in total. The Bertz CT molecular complexity index is 618. The fourth-order valence-corrected chi connectivity index (χ4v) is 1.77. The minimum atomic E-state index is -0.949. The Labute approximate surface area is 117 Å². The molecule has 0 aliphatic carbocycles. The van der Waals surface area contributed by atoms with Crippen molar-refractivity contribution >= 4 is 17.7 Å². The molecule has 0 spiro atoms. The van der Waals surface area contributed by atoms with Gasteiger partial charge in [0.25, 0.3) is 0 Å². The number of nitrogens with one attached hydrogen (secondary N) is 1. The van der Waals surface area contributed by atoms with Crippen molar-refractivity contribution in [2.75, 3.05) is 11.9 Å². The second kappa shape index (κ2) is 6.43. The molecule has 2 aromatic carbocycles. The van der Waals surface area contributed by atoms with Crippen molar-refractivity contribution in [2.45, 2.75) is 0 Å². The minimum Gasteiger partial charge on any atom is -0.508 e. The van der Waals surface area contributed by atoms with Crippen molar-refractivity contribution in [3.8, 4) is 5.75 Å². The first-order valence-corrected chi connectivity index (χ1v) is 6.18. The number of carboxylic acids is 1. The second-order valence-electron chi connectivity index (χ2n) is 4.23. The molecule has 102 valence electrons. The van der Waals surface area contributed by atoms with E-state index < -0.39 is 5.97 Å². The number of benzene rings is 2. The zero-order valence-corrected chi connectivity index (χ0v) is 10.8. The lowest BCUT2D eigenvalue weighted by Crippen LogP contribution is -2.05. The molecule has 0 aliphatic rings. The Morgan fingerprint density at radius 2 is 1.80 bits per heavy atom. The maximum Gasteiger partial charge on any atom is 0.337 e. The van der Waals surface area contributed by atoms with Crippen molar-refractivity contribution in [1.29, 1.82) is 0 Å². The highest BCUT2D eigenvalue weighted by atomic mass is 16.4. The third-order valence-electron chi connectivity index (χ3n) is 2.77. The van der Waals surface area contributed by atoms with E-state index in [1.807, 2.05) is 12.2 Å². The minimum absolute atomic E-state index is 0.232. The average molecular weight is 269 g/mol. The van der Waals surface area contributed by atoms with Crippen LogP contribution in [0.1, 0.15) is 15.9 Å². The summed E-state index contributed by atoms with van der Waals surface area (Å²) in [5.41, 5.74) is 1.82. The van der Waals surface area contributed by atoms with Gasteiger partial charge in [0.2, 0.25) is 0 Å². The van der Waals surface area contributed by atoms with Gasteiger partial charge in [-0.1, -0.05) is 36.4 Å². The first kappa shape index (κ1) is 13.7. The summed E-state index contributed by atoms with van der Waals surface area (Å²) in [6.45, 7) is 0.519. The van der Waals surface area contributed by atoms with Crippen LogP contribution in [0.4, 0.5) is 5.69 Å². The lowest BCUT2D eigenvalue weighted by molar-refractivity contribution is 0.0698. The molecule has 0 amide bonds. The van der Waals surface area contributed by atoms with Crippen LogP contribution >= 0.6 is 0 Å². The van der Waals surface area contributed by atoms with Gasteiger partial charge in [-0.05, 0) is 29.8 Å². The topological polar surface area (TPSA) is 69.6 Å². The van der Waals surface area contributed by atoms with E-state index in [2.05, 4.69) is 5.32 Å². The van der Waals surface area contributed by atoms with E-state index in [1.165, 1.54) is 0 Å². The summed E-state index contributed by atoms with van der Waals surface area (Å²) in [5.74, 6) is -0.716. The van der Waals surface area contributed by atoms with E-state index in [0.717, 1.165) is 5.56 Å². The van der Waals surface area contributed by atoms with Crippen LogP contribution in [-0.4, -0.2) is 22.7 Å². The number of hydrogen-bond acceptors (Lipinski definition) is 3. The Hall–Kier alpha value is -2.75. The molecule has 20 heavy (non-hydrogen) atoms. The molecule has 0 aromatic heterocycles. The molecular formula is C16H15NO3. The lowest BCUT2D eigenvalue weighted by atomic mass is 10.1. The van der Waals surface area contributed by atoms with Gasteiger partial charge in [-0.15, -0.1) is 0 Å².